The molecule has 0 aromatic carbocycles. The van der Waals surface area contributed by atoms with E-state index in [1.54, 1.807) is 0 Å². The molecule has 1 unspecified atom stereocenters. The summed E-state index contributed by atoms with van der Waals surface area (Å²) in [6.07, 6.45) is 7.83. The second-order valence-corrected chi connectivity index (χ2v) is 7.68. The minimum atomic E-state index is 0. The Morgan fingerprint density at radius 1 is 1.27 bits per heavy atom. The number of hydrogen-bond acceptors (Lipinski definition) is 5. The standard InChI is InChI=1S/C22H36N4O3.HI/c1-3-13-28-21-8-7-18(15-24-21)16-25-22(23-4-2)26-11-9-19(10-12-26)29-17-20-6-5-14-27-20;/h7-8,15,19-20H,3-6,9-14,16-17H2,1-2H3,(H,23,25);1H. The summed E-state index contributed by atoms with van der Waals surface area (Å²) >= 11 is 0. The van der Waals surface area contributed by atoms with Gasteiger partial charge in [-0.25, -0.2) is 9.98 Å². The highest BCUT2D eigenvalue weighted by atomic mass is 127. The first-order chi connectivity index (χ1) is 14.3. The molecule has 2 fully saturated rings. The molecule has 3 rings (SSSR count). The average molecular weight is 532 g/mol. The van der Waals surface area contributed by atoms with E-state index in [1.807, 2.05) is 18.3 Å². The van der Waals surface area contributed by atoms with Gasteiger partial charge in [0.25, 0.3) is 0 Å². The number of aliphatic imine (C=N–C) groups is 1. The maximum atomic E-state index is 6.09. The lowest BCUT2D eigenvalue weighted by atomic mass is 10.1. The fourth-order valence-corrected chi connectivity index (χ4v) is 3.64. The summed E-state index contributed by atoms with van der Waals surface area (Å²) in [4.78, 5) is 11.5. The smallest absolute Gasteiger partial charge is 0.213 e. The predicted molar refractivity (Wildman–Crippen MR) is 130 cm³/mol. The van der Waals surface area contributed by atoms with Gasteiger partial charge in [-0.2, -0.15) is 0 Å². The van der Waals surface area contributed by atoms with Crippen molar-refractivity contribution in [2.75, 3.05) is 39.5 Å². The number of ether oxygens (including phenoxy) is 3. The molecule has 2 saturated heterocycles. The number of nitrogens with zero attached hydrogens (tertiary/aromatic N) is 3. The Kier molecular flexibility index (Phi) is 11.8. The molecule has 0 bridgehead atoms. The van der Waals surface area contributed by atoms with Crippen molar-refractivity contribution in [3.05, 3.63) is 23.9 Å². The predicted octanol–water partition coefficient (Wildman–Crippen LogP) is 3.61. The van der Waals surface area contributed by atoms with Crippen molar-refractivity contribution in [1.82, 2.24) is 15.2 Å². The maximum Gasteiger partial charge on any atom is 0.213 e. The van der Waals surface area contributed by atoms with E-state index in [-0.39, 0.29) is 24.0 Å². The van der Waals surface area contributed by atoms with Crippen LogP contribution in [0.25, 0.3) is 0 Å². The Balaban J connectivity index is 0.00000320. The molecule has 30 heavy (non-hydrogen) atoms. The van der Waals surface area contributed by atoms with E-state index in [4.69, 9.17) is 19.2 Å². The average Bonchev–Trinajstić information content (AvgIpc) is 3.29. The topological polar surface area (TPSA) is 68.2 Å². The lowest BCUT2D eigenvalue weighted by molar-refractivity contribution is -0.0367. The molecular formula is C22H37IN4O3. The van der Waals surface area contributed by atoms with E-state index < -0.39 is 0 Å². The molecule has 0 radical (unpaired) electrons. The Morgan fingerprint density at radius 2 is 2.10 bits per heavy atom. The van der Waals surface area contributed by atoms with Crippen molar-refractivity contribution in [3.63, 3.8) is 0 Å². The van der Waals surface area contributed by atoms with Crippen LogP contribution in [0.5, 0.6) is 5.88 Å². The molecule has 1 atom stereocenters. The van der Waals surface area contributed by atoms with Gasteiger partial charge >= 0.3 is 0 Å². The van der Waals surface area contributed by atoms with E-state index in [1.165, 1.54) is 6.42 Å². The van der Waals surface area contributed by atoms with Crippen LogP contribution in [-0.4, -0.2) is 67.5 Å². The van der Waals surface area contributed by atoms with Gasteiger partial charge in [0.2, 0.25) is 5.88 Å². The van der Waals surface area contributed by atoms with Gasteiger partial charge in [-0.3, -0.25) is 0 Å². The number of aromatic nitrogens is 1. The van der Waals surface area contributed by atoms with Gasteiger partial charge in [-0.15, -0.1) is 24.0 Å². The van der Waals surface area contributed by atoms with E-state index in [2.05, 4.69) is 29.0 Å². The monoisotopic (exact) mass is 532 g/mol. The fraction of sp³-hybridized carbons (Fsp3) is 0.727. The van der Waals surface area contributed by atoms with Gasteiger partial charge < -0.3 is 24.4 Å². The van der Waals surface area contributed by atoms with Crippen LogP contribution in [-0.2, 0) is 16.0 Å². The molecular weight excluding hydrogens is 495 g/mol. The van der Waals surface area contributed by atoms with Gasteiger partial charge in [0.1, 0.15) is 0 Å². The van der Waals surface area contributed by atoms with Crippen LogP contribution in [0.3, 0.4) is 0 Å². The Labute approximate surface area is 198 Å². The van der Waals surface area contributed by atoms with Crippen molar-refractivity contribution >= 4 is 29.9 Å². The number of pyridine rings is 1. The molecule has 0 aliphatic carbocycles. The van der Waals surface area contributed by atoms with Crippen molar-refractivity contribution in [2.24, 2.45) is 4.99 Å². The van der Waals surface area contributed by atoms with Crippen LogP contribution in [0.15, 0.2) is 23.3 Å². The number of nitrogens with one attached hydrogen (secondary N) is 1. The number of hydrogen-bond donors (Lipinski definition) is 1. The molecule has 7 nitrogen and oxygen atoms in total. The van der Waals surface area contributed by atoms with Crippen LogP contribution in [0, 0.1) is 0 Å². The van der Waals surface area contributed by atoms with Gasteiger partial charge in [0.05, 0.1) is 32.0 Å². The van der Waals surface area contributed by atoms with Crippen LogP contribution < -0.4 is 10.1 Å². The minimum Gasteiger partial charge on any atom is -0.478 e. The molecule has 2 aliphatic heterocycles. The van der Waals surface area contributed by atoms with Crippen molar-refractivity contribution in [3.8, 4) is 5.88 Å². The van der Waals surface area contributed by atoms with Crippen LogP contribution in [0.4, 0.5) is 0 Å². The highest BCUT2D eigenvalue weighted by molar-refractivity contribution is 14.0. The molecule has 0 amide bonds. The van der Waals surface area contributed by atoms with Gasteiger partial charge in [0.15, 0.2) is 5.96 Å². The Morgan fingerprint density at radius 3 is 2.73 bits per heavy atom. The molecule has 3 heterocycles. The van der Waals surface area contributed by atoms with E-state index in [0.29, 0.717) is 31.2 Å². The summed E-state index contributed by atoms with van der Waals surface area (Å²) in [5.74, 6) is 1.65. The summed E-state index contributed by atoms with van der Waals surface area (Å²) in [5.41, 5.74) is 1.08. The van der Waals surface area contributed by atoms with Crippen LogP contribution >= 0.6 is 24.0 Å². The van der Waals surface area contributed by atoms with Gasteiger partial charge in [0, 0.05) is 38.5 Å². The highest BCUT2D eigenvalue weighted by Gasteiger charge is 2.24. The number of likely N-dealkylation sites (tertiary alicyclic amines) is 1. The summed E-state index contributed by atoms with van der Waals surface area (Å²) in [7, 11) is 0. The second kappa shape index (κ2) is 14.0. The third-order valence-corrected chi connectivity index (χ3v) is 5.28. The normalized spacial score (nSPS) is 20.1. The molecule has 0 spiro atoms. The molecule has 1 aromatic heterocycles. The Hall–Kier alpha value is -1.13. The van der Waals surface area contributed by atoms with Crippen molar-refractivity contribution < 1.29 is 14.2 Å². The van der Waals surface area contributed by atoms with Crippen molar-refractivity contribution in [2.45, 2.75) is 64.7 Å². The van der Waals surface area contributed by atoms with E-state index >= 15 is 0 Å². The minimum absolute atomic E-state index is 0. The number of rotatable bonds is 9. The molecule has 1 N–H and O–H groups in total. The number of guanidine groups is 1. The summed E-state index contributed by atoms with van der Waals surface area (Å²) in [5, 5.41) is 3.42. The zero-order valence-electron chi connectivity index (χ0n) is 18.3. The Bertz CT molecular complexity index is 615. The highest BCUT2D eigenvalue weighted by Crippen LogP contribution is 2.18. The lowest BCUT2D eigenvalue weighted by Gasteiger charge is -2.34. The molecule has 0 saturated carbocycles. The second-order valence-electron chi connectivity index (χ2n) is 7.68. The third kappa shape index (κ3) is 8.19. The van der Waals surface area contributed by atoms with Gasteiger partial charge in [-0.1, -0.05) is 13.0 Å². The van der Waals surface area contributed by atoms with Gasteiger partial charge in [-0.05, 0) is 44.6 Å². The van der Waals surface area contributed by atoms with E-state index in [9.17, 15) is 0 Å². The number of piperidine rings is 1. The summed E-state index contributed by atoms with van der Waals surface area (Å²) in [6, 6.07) is 3.96. The number of halogens is 1. The first-order valence-corrected chi connectivity index (χ1v) is 11.1. The zero-order chi connectivity index (χ0) is 20.3. The van der Waals surface area contributed by atoms with Crippen LogP contribution in [0.2, 0.25) is 0 Å². The fourth-order valence-electron chi connectivity index (χ4n) is 3.64. The molecule has 8 heteroatoms. The summed E-state index contributed by atoms with van der Waals surface area (Å²) < 4.78 is 17.3. The lowest BCUT2D eigenvalue weighted by Crippen LogP contribution is -2.47. The first-order valence-electron chi connectivity index (χ1n) is 11.1. The molecule has 1 aromatic rings. The summed E-state index contributed by atoms with van der Waals surface area (Å²) in [6.45, 7) is 9.91. The molecule has 170 valence electrons. The first kappa shape index (κ1) is 25.1. The van der Waals surface area contributed by atoms with Crippen molar-refractivity contribution in [1.29, 1.82) is 0 Å². The zero-order valence-corrected chi connectivity index (χ0v) is 20.7. The largest absolute Gasteiger partial charge is 0.478 e. The van der Waals surface area contributed by atoms with E-state index in [0.717, 1.165) is 70.1 Å². The molecule has 2 aliphatic rings. The third-order valence-electron chi connectivity index (χ3n) is 5.28. The maximum absolute atomic E-state index is 6.09. The van der Waals surface area contributed by atoms with Crippen LogP contribution in [0.1, 0.15) is 51.5 Å². The quantitative estimate of drug-likeness (QED) is 0.298. The SMILES string of the molecule is CCCOc1ccc(CN=C(NCC)N2CCC(OCC3CCCO3)CC2)cn1.I.